The van der Waals surface area contributed by atoms with Crippen LogP contribution in [0.15, 0.2) is 28.8 Å². The zero-order valence-electron chi connectivity index (χ0n) is 12.2. The van der Waals surface area contributed by atoms with Crippen molar-refractivity contribution in [2.45, 2.75) is 25.5 Å². The summed E-state index contributed by atoms with van der Waals surface area (Å²) in [6.07, 6.45) is -0.350. The lowest BCUT2D eigenvalue weighted by atomic mass is 10.1. The van der Waals surface area contributed by atoms with Crippen LogP contribution in [0.5, 0.6) is 0 Å². The monoisotopic (exact) mass is 303 g/mol. The Hall–Kier alpha value is -2.41. The topological polar surface area (TPSA) is 98.7 Å². The second-order valence-corrected chi connectivity index (χ2v) is 5.31. The van der Waals surface area contributed by atoms with Crippen LogP contribution in [0, 0.1) is 0 Å². The van der Waals surface area contributed by atoms with E-state index >= 15 is 0 Å². The van der Waals surface area contributed by atoms with Crippen molar-refractivity contribution in [3.05, 3.63) is 30.0 Å². The van der Waals surface area contributed by atoms with Crippen LogP contribution in [0.4, 0.5) is 0 Å². The molecular weight excluding hydrogens is 286 g/mol. The Morgan fingerprint density at radius 1 is 1.41 bits per heavy atom. The zero-order valence-corrected chi connectivity index (χ0v) is 12.2. The van der Waals surface area contributed by atoms with E-state index in [4.69, 9.17) is 15.0 Å². The highest BCUT2D eigenvalue weighted by atomic mass is 16.5. The molecule has 0 spiro atoms. The minimum absolute atomic E-state index is 0.0630. The lowest BCUT2D eigenvalue weighted by Crippen LogP contribution is -2.58. The van der Waals surface area contributed by atoms with Crippen LogP contribution in [-0.2, 0) is 20.7 Å². The highest BCUT2D eigenvalue weighted by molar-refractivity contribution is 5.90. The molecule has 0 aliphatic carbocycles. The summed E-state index contributed by atoms with van der Waals surface area (Å²) in [5, 5.41) is 4.75. The lowest BCUT2D eigenvalue weighted by molar-refractivity contribution is -0.152. The number of rotatable bonds is 3. The normalized spacial score (nSPS) is 22.0. The molecule has 0 saturated carbocycles. The molecule has 1 fully saturated rings. The maximum Gasteiger partial charge on any atom is 0.242 e. The van der Waals surface area contributed by atoms with Crippen molar-refractivity contribution in [3.8, 4) is 0 Å². The molecule has 0 bridgehead atoms. The van der Waals surface area contributed by atoms with Crippen LogP contribution in [0.2, 0.25) is 0 Å². The summed E-state index contributed by atoms with van der Waals surface area (Å²) in [6.45, 7) is 2.46. The number of fused-ring (bicyclic) bond motifs is 1. The SMILES string of the molecule is C[C@H]1OCCN(C(=O)Cc2noc3ccccc23)[C@@H]1C(N)=O. The van der Waals surface area contributed by atoms with E-state index in [0.29, 0.717) is 24.4 Å². The first-order chi connectivity index (χ1) is 10.6. The number of hydrogen-bond acceptors (Lipinski definition) is 5. The fraction of sp³-hybridized carbons (Fsp3) is 0.400. The number of para-hydroxylation sites is 1. The molecule has 0 radical (unpaired) electrons. The van der Waals surface area contributed by atoms with Crippen molar-refractivity contribution >= 4 is 22.8 Å². The molecule has 22 heavy (non-hydrogen) atoms. The van der Waals surface area contributed by atoms with Crippen molar-refractivity contribution in [1.82, 2.24) is 10.1 Å². The molecule has 1 saturated heterocycles. The Morgan fingerprint density at radius 3 is 2.95 bits per heavy atom. The molecule has 0 unspecified atom stereocenters. The van der Waals surface area contributed by atoms with Crippen LogP contribution in [0.3, 0.4) is 0 Å². The van der Waals surface area contributed by atoms with Crippen molar-refractivity contribution < 1.29 is 18.8 Å². The van der Waals surface area contributed by atoms with Crippen LogP contribution >= 0.6 is 0 Å². The fourth-order valence-corrected chi connectivity index (χ4v) is 2.80. The number of carbonyl (C=O) groups is 2. The number of ether oxygens (including phenoxy) is 1. The number of nitrogens with zero attached hydrogens (tertiary/aromatic N) is 2. The van der Waals surface area contributed by atoms with Gasteiger partial charge in [0.15, 0.2) is 5.58 Å². The number of hydrogen-bond donors (Lipinski definition) is 1. The minimum Gasteiger partial charge on any atom is -0.374 e. The van der Waals surface area contributed by atoms with Gasteiger partial charge in [0, 0.05) is 11.9 Å². The van der Waals surface area contributed by atoms with E-state index in [9.17, 15) is 9.59 Å². The Bertz CT molecular complexity index is 712. The van der Waals surface area contributed by atoms with Crippen LogP contribution in [-0.4, -0.2) is 47.2 Å². The van der Waals surface area contributed by atoms with Gasteiger partial charge in [-0.3, -0.25) is 9.59 Å². The molecule has 2 aromatic rings. The molecule has 2 atom stereocenters. The molecule has 7 heteroatoms. The van der Waals surface area contributed by atoms with Gasteiger partial charge in [-0.25, -0.2) is 0 Å². The van der Waals surface area contributed by atoms with Gasteiger partial charge >= 0.3 is 0 Å². The summed E-state index contributed by atoms with van der Waals surface area (Å²) >= 11 is 0. The molecule has 1 aromatic carbocycles. The Balaban J connectivity index is 1.82. The predicted octanol–water partition coefficient (Wildman–Crippen LogP) is 0.471. The molecule has 2 N–H and O–H groups in total. The molecule has 7 nitrogen and oxygen atoms in total. The third kappa shape index (κ3) is 2.55. The Kier molecular flexibility index (Phi) is 3.81. The first kappa shape index (κ1) is 14.5. The predicted molar refractivity (Wildman–Crippen MR) is 77.8 cm³/mol. The summed E-state index contributed by atoms with van der Waals surface area (Å²) in [7, 11) is 0. The molecule has 2 heterocycles. The number of primary amides is 1. The number of nitrogens with two attached hydrogens (primary N) is 1. The largest absolute Gasteiger partial charge is 0.374 e. The van der Waals surface area contributed by atoms with E-state index in [2.05, 4.69) is 5.16 Å². The first-order valence-electron chi connectivity index (χ1n) is 7.11. The Morgan fingerprint density at radius 2 is 2.18 bits per heavy atom. The average Bonchev–Trinajstić information content (AvgIpc) is 2.90. The van der Waals surface area contributed by atoms with Gasteiger partial charge in [-0.1, -0.05) is 17.3 Å². The number of aromatic nitrogens is 1. The summed E-state index contributed by atoms with van der Waals surface area (Å²) in [5.74, 6) is -0.774. The van der Waals surface area contributed by atoms with Crippen LogP contribution in [0.1, 0.15) is 12.6 Å². The second-order valence-electron chi connectivity index (χ2n) is 5.31. The van der Waals surface area contributed by atoms with E-state index in [1.165, 1.54) is 4.90 Å². The molecule has 1 aliphatic rings. The Labute approximate surface area is 127 Å². The average molecular weight is 303 g/mol. The zero-order chi connectivity index (χ0) is 15.7. The maximum atomic E-state index is 12.6. The summed E-state index contributed by atoms with van der Waals surface area (Å²) in [4.78, 5) is 25.6. The number of amides is 2. The van der Waals surface area contributed by atoms with Crippen molar-refractivity contribution in [1.29, 1.82) is 0 Å². The third-order valence-corrected chi connectivity index (χ3v) is 3.88. The van der Waals surface area contributed by atoms with Gasteiger partial charge in [0.25, 0.3) is 0 Å². The lowest BCUT2D eigenvalue weighted by Gasteiger charge is -2.37. The van der Waals surface area contributed by atoms with E-state index in [-0.39, 0.29) is 12.3 Å². The number of carbonyl (C=O) groups excluding carboxylic acids is 2. The molecule has 116 valence electrons. The van der Waals surface area contributed by atoms with Gasteiger partial charge in [-0.05, 0) is 19.1 Å². The standard InChI is InChI=1S/C15H17N3O4/c1-9-14(15(16)20)18(6-7-21-9)13(19)8-11-10-4-2-3-5-12(10)22-17-11/h2-5,9,14H,6-8H2,1H3,(H2,16,20)/t9-,14+/m1/s1. The van der Waals surface area contributed by atoms with Crippen LogP contribution in [0.25, 0.3) is 11.0 Å². The molecular formula is C15H17N3O4. The highest BCUT2D eigenvalue weighted by Crippen LogP contribution is 2.20. The second kappa shape index (κ2) is 5.76. The molecule has 2 amide bonds. The molecule has 1 aromatic heterocycles. The third-order valence-electron chi connectivity index (χ3n) is 3.88. The van der Waals surface area contributed by atoms with Gasteiger partial charge < -0.3 is 19.9 Å². The molecule has 3 rings (SSSR count). The van der Waals surface area contributed by atoms with Crippen molar-refractivity contribution in [3.63, 3.8) is 0 Å². The van der Waals surface area contributed by atoms with E-state index < -0.39 is 18.1 Å². The number of benzene rings is 1. The summed E-state index contributed by atoms with van der Waals surface area (Å²) in [5.41, 5.74) is 6.59. The van der Waals surface area contributed by atoms with Gasteiger partial charge in [0.2, 0.25) is 11.8 Å². The van der Waals surface area contributed by atoms with Gasteiger partial charge in [-0.2, -0.15) is 0 Å². The van der Waals surface area contributed by atoms with E-state index in [0.717, 1.165) is 5.39 Å². The quantitative estimate of drug-likeness (QED) is 0.888. The van der Waals surface area contributed by atoms with E-state index in [1.54, 1.807) is 13.0 Å². The van der Waals surface area contributed by atoms with Gasteiger partial charge in [-0.15, -0.1) is 0 Å². The minimum atomic E-state index is -0.751. The molecule has 1 aliphatic heterocycles. The first-order valence-corrected chi connectivity index (χ1v) is 7.11. The smallest absolute Gasteiger partial charge is 0.242 e. The van der Waals surface area contributed by atoms with Crippen molar-refractivity contribution in [2.24, 2.45) is 5.73 Å². The summed E-state index contributed by atoms with van der Waals surface area (Å²) in [6, 6.07) is 6.59. The van der Waals surface area contributed by atoms with Gasteiger partial charge in [0.05, 0.1) is 19.1 Å². The number of morpholine rings is 1. The maximum absolute atomic E-state index is 12.6. The van der Waals surface area contributed by atoms with Gasteiger partial charge in [0.1, 0.15) is 11.7 Å². The summed E-state index contributed by atoms with van der Waals surface area (Å²) < 4.78 is 10.6. The van der Waals surface area contributed by atoms with Crippen LogP contribution < -0.4 is 5.73 Å². The van der Waals surface area contributed by atoms with Crippen molar-refractivity contribution in [2.75, 3.05) is 13.2 Å². The fourth-order valence-electron chi connectivity index (χ4n) is 2.80. The van der Waals surface area contributed by atoms with E-state index in [1.807, 2.05) is 18.2 Å². The highest BCUT2D eigenvalue weighted by Gasteiger charge is 2.36.